The summed E-state index contributed by atoms with van der Waals surface area (Å²) >= 11 is 1.74. The molecule has 0 N–H and O–H groups in total. The van der Waals surface area contributed by atoms with Gasteiger partial charge in [-0.2, -0.15) is 0 Å². The molecule has 0 heterocycles. The summed E-state index contributed by atoms with van der Waals surface area (Å²) in [6.45, 7) is 6.78. The van der Waals surface area contributed by atoms with Crippen molar-refractivity contribution in [2.75, 3.05) is 19.0 Å². The van der Waals surface area contributed by atoms with Crippen molar-refractivity contribution in [2.45, 2.75) is 27.2 Å². The van der Waals surface area contributed by atoms with Gasteiger partial charge in [-0.15, -0.1) is 11.8 Å². The summed E-state index contributed by atoms with van der Waals surface area (Å²) in [4.78, 5) is 12.9. The average Bonchev–Trinajstić information content (AvgIpc) is 2.63. The van der Waals surface area contributed by atoms with Crippen molar-refractivity contribution >= 4 is 17.7 Å². The van der Waals surface area contributed by atoms with E-state index >= 15 is 0 Å². The van der Waals surface area contributed by atoms with E-state index in [1.807, 2.05) is 19.9 Å². The molecular weight excluding hydrogens is 224 g/mol. The molecule has 0 aromatic rings. The highest BCUT2D eigenvalue weighted by Gasteiger charge is 2.24. The topological polar surface area (TPSA) is 35.5 Å². The van der Waals surface area contributed by atoms with E-state index in [4.69, 9.17) is 9.47 Å². The summed E-state index contributed by atoms with van der Waals surface area (Å²) in [5, 5.41) is 0. The lowest BCUT2D eigenvalue weighted by Crippen LogP contribution is -2.09. The predicted molar refractivity (Wildman–Crippen MR) is 66.1 cm³/mol. The van der Waals surface area contributed by atoms with Crippen LogP contribution in [0.15, 0.2) is 22.3 Å². The van der Waals surface area contributed by atoms with Crippen molar-refractivity contribution in [3.63, 3.8) is 0 Å². The molecule has 1 aliphatic rings. The van der Waals surface area contributed by atoms with Gasteiger partial charge >= 0.3 is 5.97 Å². The number of hydrogen-bond donors (Lipinski definition) is 0. The number of esters is 1. The molecule has 0 unspecified atom stereocenters. The van der Waals surface area contributed by atoms with Gasteiger partial charge in [-0.25, -0.2) is 4.79 Å². The third-order valence-electron chi connectivity index (χ3n) is 2.09. The predicted octanol–water partition coefficient (Wildman–Crippen LogP) is 2.88. The van der Waals surface area contributed by atoms with Crippen molar-refractivity contribution in [3.8, 4) is 0 Å². The minimum Gasteiger partial charge on any atom is -0.493 e. The second kappa shape index (κ2) is 6.63. The monoisotopic (exact) mass is 242 g/mol. The molecule has 0 saturated carbocycles. The van der Waals surface area contributed by atoms with Crippen molar-refractivity contribution in [1.82, 2.24) is 0 Å². The Morgan fingerprint density at radius 1 is 1.38 bits per heavy atom. The summed E-state index contributed by atoms with van der Waals surface area (Å²) in [5.41, 5.74) is 0.652. The molecule has 0 aliphatic heterocycles. The highest BCUT2D eigenvalue weighted by Crippen LogP contribution is 2.33. The van der Waals surface area contributed by atoms with E-state index in [1.54, 1.807) is 11.8 Å². The van der Waals surface area contributed by atoms with Crippen LogP contribution in [0.3, 0.4) is 0 Å². The number of carbonyl (C=O) groups is 1. The van der Waals surface area contributed by atoms with E-state index < -0.39 is 0 Å². The molecule has 0 fully saturated rings. The fraction of sp³-hybridized carbons (Fsp3) is 0.583. The van der Waals surface area contributed by atoms with Crippen LogP contribution in [0.2, 0.25) is 0 Å². The molecule has 90 valence electrons. The first-order valence-corrected chi connectivity index (χ1v) is 6.57. The Morgan fingerprint density at radius 3 is 2.69 bits per heavy atom. The Morgan fingerprint density at radius 2 is 2.12 bits per heavy atom. The average molecular weight is 242 g/mol. The zero-order valence-electron chi connectivity index (χ0n) is 10.0. The summed E-state index contributed by atoms with van der Waals surface area (Å²) in [6, 6.07) is 0. The Balaban J connectivity index is 2.74. The first-order valence-electron chi connectivity index (χ1n) is 5.59. The van der Waals surface area contributed by atoms with Crippen LogP contribution >= 0.6 is 11.8 Å². The van der Waals surface area contributed by atoms with Gasteiger partial charge in [-0.05, 0) is 30.6 Å². The summed E-state index contributed by atoms with van der Waals surface area (Å²) in [5.74, 6) is 1.42. The van der Waals surface area contributed by atoms with Crippen LogP contribution in [0.25, 0.3) is 0 Å². The van der Waals surface area contributed by atoms with Gasteiger partial charge in [-0.3, -0.25) is 0 Å². The number of allylic oxidation sites excluding steroid dienone is 2. The summed E-state index contributed by atoms with van der Waals surface area (Å²) < 4.78 is 10.5. The second-order valence-corrected chi connectivity index (χ2v) is 4.61. The Bertz CT molecular complexity index is 318. The minimum absolute atomic E-state index is 0.256. The quantitative estimate of drug-likeness (QED) is 0.671. The molecule has 0 aromatic heterocycles. The van der Waals surface area contributed by atoms with Gasteiger partial charge in [0.2, 0.25) is 0 Å². The first kappa shape index (κ1) is 13.2. The SMILES string of the molecule is CCOC(=O)C1=C(OCC)C=C(SCC)C1. The Kier molecular flexibility index (Phi) is 5.46. The molecule has 0 aromatic carbocycles. The maximum Gasteiger partial charge on any atom is 0.338 e. The molecule has 0 radical (unpaired) electrons. The van der Waals surface area contributed by atoms with Gasteiger partial charge in [0.25, 0.3) is 0 Å². The smallest absolute Gasteiger partial charge is 0.338 e. The van der Waals surface area contributed by atoms with Crippen LogP contribution in [-0.4, -0.2) is 24.9 Å². The van der Waals surface area contributed by atoms with Gasteiger partial charge in [-0.1, -0.05) is 6.92 Å². The van der Waals surface area contributed by atoms with E-state index in [-0.39, 0.29) is 5.97 Å². The van der Waals surface area contributed by atoms with E-state index in [0.717, 1.165) is 5.75 Å². The normalized spacial score (nSPS) is 15.1. The number of hydrogen-bond acceptors (Lipinski definition) is 4. The lowest BCUT2D eigenvalue weighted by molar-refractivity contribution is -0.138. The Labute approximate surface area is 101 Å². The molecule has 0 amide bonds. The molecule has 4 heteroatoms. The molecule has 0 bridgehead atoms. The number of carbonyl (C=O) groups excluding carboxylic acids is 1. The molecule has 0 spiro atoms. The van der Waals surface area contributed by atoms with Gasteiger partial charge in [0.1, 0.15) is 5.76 Å². The zero-order chi connectivity index (χ0) is 12.0. The molecule has 1 aliphatic carbocycles. The Hall–Kier alpha value is -0.900. The van der Waals surface area contributed by atoms with E-state index in [1.165, 1.54) is 4.91 Å². The largest absolute Gasteiger partial charge is 0.493 e. The summed E-state index contributed by atoms with van der Waals surface area (Å²) in [7, 11) is 0. The first-order chi connectivity index (χ1) is 7.72. The third-order valence-corrected chi connectivity index (χ3v) is 3.01. The molecule has 1 rings (SSSR count). The van der Waals surface area contributed by atoms with Crippen LogP contribution in [0.4, 0.5) is 0 Å². The van der Waals surface area contributed by atoms with Crippen LogP contribution < -0.4 is 0 Å². The van der Waals surface area contributed by atoms with Crippen molar-refractivity contribution in [3.05, 3.63) is 22.3 Å². The highest BCUT2D eigenvalue weighted by molar-refractivity contribution is 8.03. The van der Waals surface area contributed by atoms with E-state index in [2.05, 4.69) is 6.92 Å². The number of thioether (sulfide) groups is 1. The maximum atomic E-state index is 11.7. The second-order valence-electron chi connectivity index (χ2n) is 3.22. The fourth-order valence-corrected chi connectivity index (χ4v) is 2.31. The minimum atomic E-state index is -0.256. The van der Waals surface area contributed by atoms with E-state index in [9.17, 15) is 4.79 Å². The van der Waals surface area contributed by atoms with E-state index in [0.29, 0.717) is 31.0 Å². The molecule has 0 atom stereocenters. The highest BCUT2D eigenvalue weighted by atomic mass is 32.2. The summed E-state index contributed by atoms with van der Waals surface area (Å²) in [6.07, 6.45) is 2.59. The lowest BCUT2D eigenvalue weighted by atomic mass is 10.2. The molecule has 16 heavy (non-hydrogen) atoms. The zero-order valence-corrected chi connectivity index (χ0v) is 10.9. The standard InChI is InChI=1S/C12H18O3S/c1-4-14-11-8-9(16-6-3)7-10(11)12(13)15-5-2/h8H,4-7H2,1-3H3. The van der Waals surface area contributed by atoms with Crippen molar-refractivity contribution in [2.24, 2.45) is 0 Å². The third kappa shape index (κ3) is 3.30. The van der Waals surface area contributed by atoms with Crippen LogP contribution in [0, 0.1) is 0 Å². The number of rotatable bonds is 6. The van der Waals surface area contributed by atoms with Crippen molar-refractivity contribution in [1.29, 1.82) is 0 Å². The van der Waals surface area contributed by atoms with Gasteiger partial charge in [0.15, 0.2) is 0 Å². The van der Waals surface area contributed by atoms with Crippen LogP contribution in [0.5, 0.6) is 0 Å². The maximum absolute atomic E-state index is 11.7. The van der Waals surface area contributed by atoms with Crippen molar-refractivity contribution < 1.29 is 14.3 Å². The lowest BCUT2D eigenvalue weighted by Gasteiger charge is -2.06. The van der Waals surface area contributed by atoms with Gasteiger partial charge < -0.3 is 9.47 Å². The van der Waals surface area contributed by atoms with Crippen LogP contribution in [-0.2, 0) is 14.3 Å². The number of ether oxygens (including phenoxy) is 2. The molecule has 3 nitrogen and oxygen atoms in total. The van der Waals surface area contributed by atoms with Crippen LogP contribution in [0.1, 0.15) is 27.2 Å². The molecular formula is C12H18O3S. The van der Waals surface area contributed by atoms with Gasteiger partial charge in [0.05, 0.1) is 18.8 Å². The van der Waals surface area contributed by atoms with Gasteiger partial charge in [0, 0.05) is 6.42 Å². The fourth-order valence-electron chi connectivity index (χ4n) is 1.50. The molecule has 0 saturated heterocycles.